The Bertz CT molecular complexity index is 877. The molecule has 0 N–H and O–H groups in total. The fraction of sp³-hybridized carbons (Fsp3) is 0.438. The molecule has 2 heterocycles. The first kappa shape index (κ1) is 17.7. The summed E-state index contributed by atoms with van der Waals surface area (Å²) < 4.78 is 38.1. The van der Waals surface area contributed by atoms with Crippen LogP contribution in [-0.2, 0) is 14.8 Å². The largest absolute Gasteiger partial charge is 0.378 e. The van der Waals surface area contributed by atoms with Crippen LogP contribution in [0.25, 0.3) is 0 Å². The molecule has 1 aromatic heterocycles. The second kappa shape index (κ2) is 7.03. The van der Waals surface area contributed by atoms with Crippen molar-refractivity contribution in [2.24, 2.45) is 0 Å². The number of hydrogen-bond donors (Lipinski definition) is 0. The number of hydrogen-bond acceptors (Lipinski definition) is 7. The number of benzene rings is 1. The maximum absolute atomic E-state index is 13.1. The molecule has 0 saturated carbocycles. The molecule has 1 saturated heterocycles. The zero-order valence-corrected chi connectivity index (χ0v) is 14.8. The standard InChI is InChI=1S/C16H19N3O5S/c1-3-15(20)12-5-4-6-13(9-12)25(21,22)19-7-8-23-10-14(19)16-17-11(2)18-24-16/h4-6,9,14H,3,7-8,10H2,1-2H3/t14-/m0/s1. The summed E-state index contributed by atoms with van der Waals surface area (Å²) in [4.78, 5) is 16.1. The summed E-state index contributed by atoms with van der Waals surface area (Å²) in [6.07, 6.45) is 0.310. The number of ether oxygens (including phenoxy) is 1. The van der Waals surface area contributed by atoms with Gasteiger partial charge >= 0.3 is 0 Å². The van der Waals surface area contributed by atoms with Crippen molar-refractivity contribution >= 4 is 15.8 Å². The lowest BCUT2D eigenvalue weighted by Crippen LogP contribution is -2.43. The van der Waals surface area contributed by atoms with Gasteiger partial charge in [-0.2, -0.15) is 9.29 Å². The Hall–Kier alpha value is -2.10. The van der Waals surface area contributed by atoms with Crippen molar-refractivity contribution in [1.82, 2.24) is 14.4 Å². The Balaban J connectivity index is 1.98. The van der Waals surface area contributed by atoms with E-state index >= 15 is 0 Å². The Labute approximate surface area is 145 Å². The van der Waals surface area contributed by atoms with Gasteiger partial charge in [0.25, 0.3) is 0 Å². The van der Waals surface area contributed by atoms with Crippen molar-refractivity contribution in [3.63, 3.8) is 0 Å². The van der Waals surface area contributed by atoms with Gasteiger partial charge in [-0.1, -0.05) is 24.2 Å². The van der Waals surface area contributed by atoms with Gasteiger partial charge in [0, 0.05) is 18.5 Å². The van der Waals surface area contributed by atoms with Gasteiger partial charge < -0.3 is 9.26 Å². The van der Waals surface area contributed by atoms with E-state index in [0.717, 1.165) is 0 Å². The van der Waals surface area contributed by atoms with Crippen molar-refractivity contribution in [2.45, 2.75) is 31.2 Å². The molecule has 8 nitrogen and oxygen atoms in total. The average molecular weight is 365 g/mol. The van der Waals surface area contributed by atoms with Gasteiger partial charge in [0.1, 0.15) is 6.04 Å². The van der Waals surface area contributed by atoms with Gasteiger partial charge in [0.2, 0.25) is 15.9 Å². The van der Waals surface area contributed by atoms with Gasteiger partial charge in [0.05, 0.1) is 18.1 Å². The van der Waals surface area contributed by atoms with E-state index in [0.29, 0.717) is 17.8 Å². The average Bonchev–Trinajstić information content (AvgIpc) is 3.07. The van der Waals surface area contributed by atoms with Crippen LogP contribution in [0.3, 0.4) is 0 Å². The fourth-order valence-corrected chi connectivity index (χ4v) is 4.29. The van der Waals surface area contributed by atoms with Crippen LogP contribution in [0.1, 0.15) is 41.5 Å². The van der Waals surface area contributed by atoms with Crippen molar-refractivity contribution < 1.29 is 22.5 Å². The first-order valence-corrected chi connectivity index (χ1v) is 9.40. The van der Waals surface area contributed by atoms with Crippen LogP contribution >= 0.6 is 0 Å². The first-order valence-electron chi connectivity index (χ1n) is 7.96. The molecule has 1 aliphatic heterocycles. The number of carbonyl (C=O) groups excluding carboxylic acids is 1. The van der Waals surface area contributed by atoms with E-state index in [-0.39, 0.29) is 36.3 Å². The molecule has 0 spiro atoms. The lowest BCUT2D eigenvalue weighted by atomic mass is 10.1. The predicted octanol–water partition coefficient (Wildman–Crippen LogP) is 1.73. The van der Waals surface area contributed by atoms with E-state index < -0.39 is 16.1 Å². The topological polar surface area (TPSA) is 103 Å². The summed E-state index contributed by atoms with van der Waals surface area (Å²) in [6.45, 7) is 3.97. The number of morpholine rings is 1. The third-order valence-electron chi connectivity index (χ3n) is 3.99. The number of sulfonamides is 1. The van der Waals surface area contributed by atoms with E-state index in [9.17, 15) is 13.2 Å². The quantitative estimate of drug-likeness (QED) is 0.743. The minimum atomic E-state index is -3.84. The molecule has 0 aliphatic carbocycles. The third kappa shape index (κ3) is 3.48. The maximum Gasteiger partial charge on any atom is 0.247 e. The van der Waals surface area contributed by atoms with Crippen LogP contribution in [0.4, 0.5) is 0 Å². The van der Waals surface area contributed by atoms with Crippen LogP contribution in [0.15, 0.2) is 33.7 Å². The lowest BCUT2D eigenvalue weighted by Gasteiger charge is -2.32. The Morgan fingerprint density at radius 2 is 2.20 bits per heavy atom. The molecule has 0 amide bonds. The molecular formula is C16H19N3O5S. The highest BCUT2D eigenvalue weighted by Crippen LogP contribution is 2.29. The molecule has 1 atom stereocenters. The van der Waals surface area contributed by atoms with E-state index in [2.05, 4.69) is 10.1 Å². The van der Waals surface area contributed by atoms with E-state index in [4.69, 9.17) is 9.26 Å². The first-order chi connectivity index (χ1) is 11.9. The molecule has 134 valence electrons. The summed E-state index contributed by atoms with van der Waals surface area (Å²) in [7, 11) is -3.84. The molecule has 0 bridgehead atoms. The Kier molecular flexibility index (Phi) is 4.98. The normalized spacial score (nSPS) is 19.0. The summed E-state index contributed by atoms with van der Waals surface area (Å²) in [5.41, 5.74) is 0.377. The second-order valence-electron chi connectivity index (χ2n) is 5.69. The molecule has 1 aromatic carbocycles. The minimum absolute atomic E-state index is 0.0648. The van der Waals surface area contributed by atoms with Crippen LogP contribution in [-0.4, -0.2) is 48.4 Å². The molecule has 1 aliphatic rings. The SMILES string of the molecule is CCC(=O)c1cccc(S(=O)(=O)N2CCOC[C@H]2c2nc(C)no2)c1. The zero-order chi connectivity index (χ0) is 18.0. The Morgan fingerprint density at radius 1 is 1.40 bits per heavy atom. The number of carbonyl (C=O) groups is 1. The predicted molar refractivity (Wildman–Crippen MR) is 87.6 cm³/mol. The molecule has 25 heavy (non-hydrogen) atoms. The van der Waals surface area contributed by atoms with Gasteiger partial charge in [0.15, 0.2) is 11.6 Å². The van der Waals surface area contributed by atoms with Gasteiger partial charge in [-0.3, -0.25) is 4.79 Å². The minimum Gasteiger partial charge on any atom is -0.378 e. The number of nitrogens with zero attached hydrogens (tertiary/aromatic N) is 3. The monoisotopic (exact) mass is 365 g/mol. The van der Waals surface area contributed by atoms with E-state index in [1.54, 1.807) is 26.0 Å². The van der Waals surface area contributed by atoms with Gasteiger partial charge in [-0.15, -0.1) is 0 Å². The number of ketones is 1. The molecule has 0 radical (unpaired) electrons. The highest BCUT2D eigenvalue weighted by molar-refractivity contribution is 7.89. The van der Waals surface area contributed by atoms with Crippen molar-refractivity contribution in [2.75, 3.05) is 19.8 Å². The number of aryl methyl sites for hydroxylation is 1. The van der Waals surface area contributed by atoms with E-state index in [1.807, 2.05) is 0 Å². The number of Topliss-reactive ketones (excluding diaryl/α,β-unsaturated/α-hetero) is 1. The van der Waals surface area contributed by atoms with Crippen LogP contribution < -0.4 is 0 Å². The van der Waals surface area contributed by atoms with E-state index in [1.165, 1.54) is 16.4 Å². The maximum atomic E-state index is 13.1. The molecule has 2 aromatic rings. The smallest absolute Gasteiger partial charge is 0.247 e. The van der Waals surface area contributed by atoms with Crippen molar-refractivity contribution in [3.05, 3.63) is 41.5 Å². The number of rotatable bonds is 5. The number of aromatic nitrogens is 2. The summed E-state index contributed by atoms with van der Waals surface area (Å²) in [6, 6.07) is 5.39. The Morgan fingerprint density at radius 3 is 2.88 bits per heavy atom. The summed E-state index contributed by atoms with van der Waals surface area (Å²) in [5, 5.41) is 3.72. The van der Waals surface area contributed by atoms with Crippen molar-refractivity contribution in [3.8, 4) is 0 Å². The molecule has 9 heteroatoms. The summed E-state index contributed by atoms with van der Waals surface area (Å²) >= 11 is 0. The molecule has 0 unspecified atom stereocenters. The van der Waals surface area contributed by atoms with Gasteiger partial charge in [-0.25, -0.2) is 8.42 Å². The zero-order valence-electron chi connectivity index (χ0n) is 14.0. The highest BCUT2D eigenvalue weighted by Gasteiger charge is 2.38. The van der Waals surface area contributed by atoms with Gasteiger partial charge in [-0.05, 0) is 19.1 Å². The van der Waals surface area contributed by atoms with Crippen LogP contribution in [0, 0.1) is 6.92 Å². The molecular weight excluding hydrogens is 346 g/mol. The summed E-state index contributed by atoms with van der Waals surface area (Å²) in [5.74, 6) is 0.512. The van der Waals surface area contributed by atoms with Crippen LogP contribution in [0.5, 0.6) is 0 Å². The van der Waals surface area contributed by atoms with Crippen molar-refractivity contribution in [1.29, 1.82) is 0 Å². The van der Waals surface area contributed by atoms with Crippen LogP contribution in [0.2, 0.25) is 0 Å². The highest BCUT2D eigenvalue weighted by atomic mass is 32.2. The third-order valence-corrected chi connectivity index (χ3v) is 5.90. The second-order valence-corrected chi connectivity index (χ2v) is 7.58. The molecule has 1 fully saturated rings. The molecule has 3 rings (SSSR count). The lowest BCUT2D eigenvalue weighted by molar-refractivity contribution is 0.0203. The fourth-order valence-electron chi connectivity index (χ4n) is 2.69.